The number of rotatable bonds is 5. The van der Waals surface area contributed by atoms with Crippen LogP contribution >= 0.6 is 11.6 Å². The van der Waals surface area contributed by atoms with Crippen molar-refractivity contribution in [1.82, 2.24) is 5.32 Å². The van der Waals surface area contributed by atoms with E-state index in [2.05, 4.69) is 64.9 Å². The van der Waals surface area contributed by atoms with Gasteiger partial charge in [-0.25, -0.2) is 0 Å². The Labute approximate surface area is 129 Å². The Morgan fingerprint density at radius 2 is 1.80 bits per heavy atom. The summed E-state index contributed by atoms with van der Waals surface area (Å²) in [6.45, 7) is 14.2. The zero-order valence-electron chi connectivity index (χ0n) is 13.9. The third-order valence-electron chi connectivity index (χ3n) is 3.96. The average Bonchev–Trinajstić information content (AvgIpc) is 2.33. The maximum absolute atomic E-state index is 6.46. The zero-order chi connectivity index (χ0) is 15.5. The molecule has 1 N–H and O–H groups in total. The number of nitrogens with zero attached hydrogens (tertiary/aromatic N) is 1. The minimum Gasteiger partial charge on any atom is -0.370 e. The summed E-state index contributed by atoms with van der Waals surface area (Å²) >= 11 is 6.46. The number of anilines is 1. The molecule has 1 aromatic rings. The molecular formula is C17H29ClN2. The molecule has 0 fully saturated rings. The fourth-order valence-corrected chi connectivity index (χ4v) is 2.51. The fraction of sp³-hybridized carbons (Fsp3) is 0.647. The normalized spacial score (nSPS) is 13.7. The van der Waals surface area contributed by atoms with Crippen LogP contribution in [0, 0.1) is 5.41 Å². The first kappa shape index (κ1) is 17.3. The monoisotopic (exact) mass is 296 g/mol. The van der Waals surface area contributed by atoms with Crippen molar-refractivity contribution in [2.75, 3.05) is 11.9 Å². The molecule has 0 aliphatic heterocycles. The molecular weight excluding hydrogens is 268 g/mol. The lowest BCUT2D eigenvalue weighted by Gasteiger charge is -2.38. The molecule has 0 amide bonds. The largest absolute Gasteiger partial charge is 0.370 e. The maximum Gasteiger partial charge on any atom is 0.0642 e. The van der Waals surface area contributed by atoms with Crippen LogP contribution in [0.15, 0.2) is 18.2 Å². The Hall–Kier alpha value is -0.730. The molecule has 0 saturated carbocycles. The van der Waals surface area contributed by atoms with Crippen LogP contribution in [-0.4, -0.2) is 19.1 Å². The number of halogens is 1. The highest BCUT2D eigenvalue weighted by molar-refractivity contribution is 6.33. The van der Waals surface area contributed by atoms with Gasteiger partial charge in [0.05, 0.1) is 10.7 Å². The molecule has 0 aromatic heterocycles. The number of para-hydroxylation sites is 1. The lowest BCUT2D eigenvalue weighted by molar-refractivity contribution is 0.329. The van der Waals surface area contributed by atoms with Crippen molar-refractivity contribution in [3.63, 3.8) is 0 Å². The van der Waals surface area contributed by atoms with E-state index in [0.717, 1.165) is 17.3 Å². The van der Waals surface area contributed by atoms with Crippen molar-refractivity contribution in [3.8, 4) is 0 Å². The highest BCUT2D eigenvalue weighted by Gasteiger charge is 2.26. The van der Waals surface area contributed by atoms with Gasteiger partial charge in [0.1, 0.15) is 0 Å². The highest BCUT2D eigenvalue weighted by Crippen LogP contribution is 2.34. The van der Waals surface area contributed by atoms with Crippen molar-refractivity contribution in [1.29, 1.82) is 0 Å². The van der Waals surface area contributed by atoms with E-state index in [0.29, 0.717) is 12.1 Å². The van der Waals surface area contributed by atoms with Crippen LogP contribution in [-0.2, 0) is 6.54 Å². The van der Waals surface area contributed by atoms with Gasteiger partial charge in [-0.15, -0.1) is 0 Å². The predicted molar refractivity (Wildman–Crippen MR) is 90.7 cm³/mol. The highest BCUT2D eigenvalue weighted by atomic mass is 35.5. The molecule has 114 valence electrons. The van der Waals surface area contributed by atoms with Crippen LogP contribution in [0.2, 0.25) is 5.02 Å². The zero-order valence-corrected chi connectivity index (χ0v) is 14.7. The van der Waals surface area contributed by atoms with Crippen molar-refractivity contribution in [2.45, 2.75) is 60.2 Å². The summed E-state index contributed by atoms with van der Waals surface area (Å²) in [5.74, 6) is 0. The van der Waals surface area contributed by atoms with Crippen LogP contribution in [0.5, 0.6) is 0 Å². The SMILES string of the molecule is CC(C)NCc1cccc(Cl)c1N(C)C(C)C(C)(C)C. The molecule has 0 bridgehead atoms. The first-order valence-corrected chi connectivity index (χ1v) is 7.76. The van der Waals surface area contributed by atoms with E-state index in [1.165, 1.54) is 5.56 Å². The van der Waals surface area contributed by atoms with Gasteiger partial charge >= 0.3 is 0 Å². The van der Waals surface area contributed by atoms with Gasteiger partial charge in [0.2, 0.25) is 0 Å². The molecule has 20 heavy (non-hydrogen) atoms. The minimum absolute atomic E-state index is 0.205. The molecule has 0 radical (unpaired) electrons. The van der Waals surface area contributed by atoms with E-state index < -0.39 is 0 Å². The second kappa shape index (κ2) is 6.82. The van der Waals surface area contributed by atoms with Gasteiger partial charge in [-0.3, -0.25) is 0 Å². The second-order valence-electron chi connectivity index (χ2n) is 6.94. The van der Waals surface area contributed by atoms with E-state index in [-0.39, 0.29) is 5.41 Å². The summed E-state index contributed by atoms with van der Waals surface area (Å²) in [5.41, 5.74) is 2.60. The summed E-state index contributed by atoms with van der Waals surface area (Å²) in [6.07, 6.45) is 0. The maximum atomic E-state index is 6.46. The molecule has 2 nitrogen and oxygen atoms in total. The Morgan fingerprint density at radius 1 is 1.20 bits per heavy atom. The molecule has 0 saturated heterocycles. The van der Waals surface area contributed by atoms with Crippen molar-refractivity contribution in [2.24, 2.45) is 5.41 Å². The molecule has 1 unspecified atom stereocenters. The number of hydrogen-bond acceptors (Lipinski definition) is 2. The van der Waals surface area contributed by atoms with Gasteiger partial charge in [-0.1, -0.05) is 58.4 Å². The molecule has 1 aromatic carbocycles. The lowest BCUT2D eigenvalue weighted by atomic mass is 9.86. The van der Waals surface area contributed by atoms with Crippen LogP contribution in [0.1, 0.15) is 47.1 Å². The van der Waals surface area contributed by atoms with E-state index in [9.17, 15) is 0 Å². The number of nitrogens with one attached hydrogen (secondary N) is 1. The van der Waals surface area contributed by atoms with Crippen molar-refractivity contribution >= 4 is 17.3 Å². The molecule has 0 spiro atoms. The minimum atomic E-state index is 0.205. The third-order valence-corrected chi connectivity index (χ3v) is 4.26. The Balaban J connectivity index is 3.09. The summed E-state index contributed by atoms with van der Waals surface area (Å²) in [7, 11) is 2.13. The second-order valence-corrected chi connectivity index (χ2v) is 7.34. The molecule has 0 aliphatic rings. The van der Waals surface area contributed by atoms with Gasteiger partial charge in [0.15, 0.2) is 0 Å². The van der Waals surface area contributed by atoms with Crippen molar-refractivity contribution in [3.05, 3.63) is 28.8 Å². The van der Waals surface area contributed by atoms with E-state index in [4.69, 9.17) is 11.6 Å². The summed E-state index contributed by atoms with van der Waals surface area (Å²) in [6, 6.07) is 7.02. The van der Waals surface area contributed by atoms with Crippen LogP contribution in [0.4, 0.5) is 5.69 Å². The Bertz CT molecular complexity index is 435. The summed E-state index contributed by atoms with van der Waals surface area (Å²) in [4.78, 5) is 2.31. The van der Waals surface area contributed by atoms with E-state index in [1.807, 2.05) is 12.1 Å². The van der Waals surface area contributed by atoms with E-state index >= 15 is 0 Å². The van der Waals surface area contributed by atoms with Gasteiger partial charge in [0, 0.05) is 25.7 Å². The summed E-state index contributed by atoms with van der Waals surface area (Å²) in [5, 5.41) is 4.30. The smallest absolute Gasteiger partial charge is 0.0642 e. The van der Waals surface area contributed by atoms with Crippen molar-refractivity contribution < 1.29 is 0 Å². The van der Waals surface area contributed by atoms with E-state index in [1.54, 1.807) is 0 Å². The topological polar surface area (TPSA) is 15.3 Å². The van der Waals surface area contributed by atoms with Crippen LogP contribution in [0.25, 0.3) is 0 Å². The third kappa shape index (κ3) is 4.39. The van der Waals surface area contributed by atoms with Gasteiger partial charge in [0.25, 0.3) is 0 Å². The van der Waals surface area contributed by atoms with Gasteiger partial charge in [-0.05, 0) is 24.0 Å². The molecule has 3 heteroatoms. The summed E-state index contributed by atoms with van der Waals surface area (Å²) < 4.78 is 0. The van der Waals surface area contributed by atoms with Gasteiger partial charge in [-0.2, -0.15) is 0 Å². The van der Waals surface area contributed by atoms with Crippen LogP contribution < -0.4 is 10.2 Å². The molecule has 1 rings (SSSR count). The fourth-order valence-electron chi connectivity index (χ4n) is 2.19. The van der Waals surface area contributed by atoms with Crippen LogP contribution in [0.3, 0.4) is 0 Å². The Kier molecular flexibility index (Phi) is 5.91. The lowest BCUT2D eigenvalue weighted by Crippen LogP contribution is -2.40. The van der Waals surface area contributed by atoms with Gasteiger partial charge < -0.3 is 10.2 Å². The first-order valence-electron chi connectivity index (χ1n) is 7.38. The standard InChI is InChI=1S/C17H29ClN2/c1-12(2)19-11-14-9-8-10-15(18)16(14)20(7)13(3)17(4,5)6/h8-10,12-13,19H,11H2,1-7H3. The Morgan fingerprint density at radius 3 is 2.30 bits per heavy atom. The number of hydrogen-bond donors (Lipinski definition) is 1. The predicted octanol–water partition coefficient (Wildman–Crippen LogP) is 4.71. The number of benzene rings is 1. The molecule has 0 heterocycles. The average molecular weight is 297 g/mol. The first-order chi connectivity index (χ1) is 9.14. The quantitative estimate of drug-likeness (QED) is 0.846. The molecule has 0 aliphatic carbocycles. The molecule has 1 atom stereocenters.